The van der Waals surface area contributed by atoms with Gasteiger partial charge in [-0.2, -0.15) is 13.2 Å². The number of likely N-dealkylation sites (tertiary alicyclic amines) is 1. The van der Waals surface area contributed by atoms with Gasteiger partial charge in [-0.3, -0.25) is 9.69 Å². The van der Waals surface area contributed by atoms with Gasteiger partial charge in [-0.25, -0.2) is 0 Å². The fourth-order valence-electron chi connectivity index (χ4n) is 5.31. The molecule has 0 aliphatic carbocycles. The van der Waals surface area contributed by atoms with E-state index in [4.69, 9.17) is 4.74 Å². The molecule has 2 aliphatic rings. The van der Waals surface area contributed by atoms with Gasteiger partial charge in [0.15, 0.2) is 0 Å². The average molecular weight is 514 g/mol. The minimum Gasteiger partial charge on any atom is -0.495 e. The van der Waals surface area contributed by atoms with Crippen molar-refractivity contribution in [3.63, 3.8) is 0 Å². The summed E-state index contributed by atoms with van der Waals surface area (Å²) < 4.78 is 49.8. The number of rotatable bonds is 7. The first-order valence-electron chi connectivity index (χ1n) is 12.4. The smallest absolute Gasteiger partial charge is 0.416 e. The Morgan fingerprint density at radius 3 is 2.54 bits per heavy atom. The van der Waals surface area contributed by atoms with E-state index in [9.17, 15) is 18.0 Å². The Bertz CT molecular complexity index is 1310. The summed E-state index contributed by atoms with van der Waals surface area (Å²) in [7, 11) is 3.36. The van der Waals surface area contributed by atoms with Crippen LogP contribution >= 0.6 is 0 Å². The lowest BCUT2D eigenvalue weighted by atomic mass is 9.96. The molecule has 1 fully saturated rings. The van der Waals surface area contributed by atoms with E-state index in [-0.39, 0.29) is 23.6 Å². The minimum atomic E-state index is -4.56. The quantitative estimate of drug-likeness (QED) is 0.448. The van der Waals surface area contributed by atoms with Gasteiger partial charge in [-0.1, -0.05) is 13.0 Å². The van der Waals surface area contributed by atoms with Crippen LogP contribution < -0.4 is 9.64 Å². The lowest BCUT2D eigenvalue weighted by Gasteiger charge is -2.22. The second-order valence-electron chi connectivity index (χ2n) is 9.94. The van der Waals surface area contributed by atoms with Crippen LogP contribution in [-0.4, -0.2) is 45.8 Å². The summed E-state index contributed by atoms with van der Waals surface area (Å²) in [6.45, 7) is 3.99. The highest BCUT2D eigenvalue weighted by molar-refractivity contribution is 6.11. The number of ether oxygens (including phenoxy) is 1. The van der Waals surface area contributed by atoms with Gasteiger partial charge in [0, 0.05) is 25.6 Å². The van der Waals surface area contributed by atoms with Crippen molar-refractivity contribution in [3.8, 4) is 5.75 Å². The fourth-order valence-corrected chi connectivity index (χ4v) is 5.31. The van der Waals surface area contributed by atoms with E-state index >= 15 is 0 Å². The van der Waals surface area contributed by atoms with Crippen molar-refractivity contribution < 1.29 is 22.7 Å². The number of anilines is 1. The summed E-state index contributed by atoms with van der Waals surface area (Å²) in [4.78, 5) is 17.1. The molecule has 5 rings (SSSR count). The molecule has 2 aliphatic heterocycles. The fraction of sp³-hybridized carbons (Fsp3) is 0.444. The molecule has 2 aromatic carbocycles. The zero-order valence-electron chi connectivity index (χ0n) is 21.2. The Balaban J connectivity index is 1.49. The van der Waals surface area contributed by atoms with Gasteiger partial charge >= 0.3 is 6.18 Å². The largest absolute Gasteiger partial charge is 0.495 e. The number of benzene rings is 2. The molecule has 0 spiro atoms. The summed E-state index contributed by atoms with van der Waals surface area (Å²) in [5.41, 5.74) is 1.29. The van der Waals surface area contributed by atoms with E-state index < -0.39 is 17.6 Å². The molecule has 0 radical (unpaired) electrons. The van der Waals surface area contributed by atoms with Gasteiger partial charge in [0.05, 0.1) is 24.9 Å². The summed E-state index contributed by atoms with van der Waals surface area (Å²) in [6, 6.07) is 8.36. The molecule has 0 N–H and O–H groups in total. The summed E-state index contributed by atoms with van der Waals surface area (Å²) >= 11 is 0. The lowest BCUT2D eigenvalue weighted by molar-refractivity contribution is -0.138. The Kier molecular flexibility index (Phi) is 6.70. The van der Waals surface area contributed by atoms with E-state index in [1.165, 1.54) is 18.1 Å². The maximum atomic E-state index is 14.1. The Morgan fingerprint density at radius 1 is 1.14 bits per heavy atom. The zero-order valence-corrected chi connectivity index (χ0v) is 21.2. The Labute approximate surface area is 213 Å². The van der Waals surface area contributed by atoms with Crippen molar-refractivity contribution in [2.75, 3.05) is 25.1 Å². The molecule has 1 aromatic heterocycles. The molecule has 3 aromatic rings. The normalized spacial score (nSPS) is 16.9. The number of amides is 1. The predicted octanol–water partition coefficient (Wildman–Crippen LogP) is 4.94. The molecule has 0 saturated carbocycles. The number of aryl methyl sites for hydroxylation is 1. The summed E-state index contributed by atoms with van der Waals surface area (Å²) in [5.74, 6) is 0.835. The summed E-state index contributed by atoms with van der Waals surface area (Å²) in [5, 5.41) is 8.07. The number of fused-ring (bicyclic) bond motifs is 1. The molecule has 37 heavy (non-hydrogen) atoms. The first kappa shape index (κ1) is 25.3. The molecule has 196 valence electrons. The van der Waals surface area contributed by atoms with Crippen molar-refractivity contribution in [1.29, 1.82) is 0 Å². The molecular weight excluding hydrogens is 483 g/mol. The SMILES string of the molecule is COc1ccc(C(C)Cc2nncn2C)cc1N1Cc2c(cc(CN3CCCC3)cc2C(F)(F)F)C1=O. The monoisotopic (exact) mass is 513 g/mol. The van der Waals surface area contributed by atoms with Crippen LogP contribution in [0, 0.1) is 0 Å². The number of carbonyl (C=O) groups is 1. The number of hydrogen-bond acceptors (Lipinski definition) is 5. The van der Waals surface area contributed by atoms with Gasteiger partial charge in [0.1, 0.15) is 17.9 Å². The van der Waals surface area contributed by atoms with Crippen molar-refractivity contribution in [3.05, 3.63) is 70.3 Å². The third kappa shape index (κ3) is 4.94. The Hall–Kier alpha value is -3.40. The zero-order chi connectivity index (χ0) is 26.3. The van der Waals surface area contributed by atoms with E-state index in [2.05, 4.69) is 15.1 Å². The van der Waals surface area contributed by atoms with Crippen molar-refractivity contribution in [2.45, 2.75) is 51.4 Å². The second kappa shape index (κ2) is 9.81. The molecule has 7 nitrogen and oxygen atoms in total. The molecule has 1 unspecified atom stereocenters. The molecular formula is C27H30F3N5O2. The van der Waals surface area contributed by atoms with Crippen molar-refractivity contribution in [2.24, 2.45) is 7.05 Å². The Morgan fingerprint density at radius 2 is 1.89 bits per heavy atom. The highest BCUT2D eigenvalue weighted by Crippen LogP contribution is 2.42. The molecule has 1 atom stereocenters. The van der Waals surface area contributed by atoms with Crippen LogP contribution in [0.1, 0.15) is 64.1 Å². The molecule has 0 bridgehead atoms. The molecule has 1 amide bonds. The van der Waals surface area contributed by atoms with Gasteiger partial charge in [0.2, 0.25) is 0 Å². The van der Waals surface area contributed by atoms with Gasteiger partial charge < -0.3 is 14.2 Å². The van der Waals surface area contributed by atoms with E-state index in [0.29, 0.717) is 30.0 Å². The molecule has 1 saturated heterocycles. The van der Waals surface area contributed by atoms with Crippen molar-refractivity contribution >= 4 is 11.6 Å². The minimum absolute atomic E-state index is 0.0160. The number of aromatic nitrogens is 3. The number of methoxy groups -OCH3 is 1. The standard InChI is InChI=1S/C27H30F3N5O2/c1-17(10-25-32-31-16-33(25)2)19-6-7-24(37-3)23(13-19)35-15-21-20(26(35)36)11-18(12-22(21)27(28,29)30)14-34-8-4-5-9-34/h6-7,11-13,16-17H,4-5,8-10,14-15H2,1-3H3. The summed E-state index contributed by atoms with van der Waals surface area (Å²) in [6.07, 6.45) is -0.228. The van der Waals surface area contributed by atoms with Crippen LogP contribution in [0.2, 0.25) is 0 Å². The van der Waals surface area contributed by atoms with Crippen LogP contribution in [0.25, 0.3) is 0 Å². The maximum absolute atomic E-state index is 14.1. The maximum Gasteiger partial charge on any atom is 0.416 e. The lowest BCUT2D eigenvalue weighted by Crippen LogP contribution is -2.24. The highest BCUT2D eigenvalue weighted by Gasteiger charge is 2.41. The molecule has 3 heterocycles. The van der Waals surface area contributed by atoms with E-state index in [1.54, 1.807) is 18.5 Å². The number of hydrogen-bond donors (Lipinski definition) is 0. The number of nitrogens with zero attached hydrogens (tertiary/aromatic N) is 5. The van der Waals surface area contributed by atoms with Crippen LogP contribution in [0.4, 0.5) is 18.9 Å². The van der Waals surface area contributed by atoms with Gasteiger partial charge in [0.25, 0.3) is 5.91 Å². The second-order valence-corrected chi connectivity index (χ2v) is 9.94. The predicted molar refractivity (Wildman–Crippen MR) is 133 cm³/mol. The third-order valence-electron chi connectivity index (χ3n) is 7.37. The topological polar surface area (TPSA) is 63.5 Å². The molecule has 10 heteroatoms. The number of alkyl halides is 3. The van der Waals surface area contributed by atoms with Crippen LogP contribution in [-0.2, 0) is 32.7 Å². The number of carbonyl (C=O) groups excluding carboxylic acids is 1. The van der Waals surface area contributed by atoms with E-state index in [1.807, 2.05) is 30.7 Å². The van der Waals surface area contributed by atoms with Crippen LogP contribution in [0.3, 0.4) is 0 Å². The van der Waals surface area contributed by atoms with Crippen LogP contribution in [0.15, 0.2) is 36.7 Å². The van der Waals surface area contributed by atoms with Gasteiger partial charge in [-0.15, -0.1) is 10.2 Å². The van der Waals surface area contributed by atoms with E-state index in [0.717, 1.165) is 37.3 Å². The highest BCUT2D eigenvalue weighted by atomic mass is 19.4. The first-order valence-corrected chi connectivity index (χ1v) is 12.4. The third-order valence-corrected chi connectivity index (χ3v) is 7.37. The average Bonchev–Trinajstić information content (AvgIpc) is 3.59. The van der Waals surface area contributed by atoms with Crippen LogP contribution in [0.5, 0.6) is 5.75 Å². The first-order chi connectivity index (χ1) is 17.7. The number of halogens is 3. The van der Waals surface area contributed by atoms with Crippen molar-refractivity contribution in [1.82, 2.24) is 19.7 Å². The van der Waals surface area contributed by atoms with Gasteiger partial charge in [-0.05, 0) is 72.8 Å².